The average Bonchev–Trinajstić information content (AvgIpc) is 2.51. The highest BCUT2D eigenvalue weighted by Gasteiger charge is 2.15. The molecule has 0 saturated heterocycles. The molecule has 0 unspecified atom stereocenters. The highest BCUT2D eigenvalue weighted by atomic mass is 16.7. The highest BCUT2D eigenvalue weighted by Crippen LogP contribution is 2.06. The molecule has 2 N–H and O–H groups in total. The molecular weight excluding hydrogens is 340 g/mol. The summed E-state index contributed by atoms with van der Waals surface area (Å²) in [7, 11) is 0. The van der Waals surface area contributed by atoms with Gasteiger partial charge in [-0.25, -0.2) is 14.4 Å². The number of hydroxylamine groups is 1. The summed E-state index contributed by atoms with van der Waals surface area (Å²) >= 11 is 0. The Hall–Kier alpha value is -2.25. The van der Waals surface area contributed by atoms with Crippen LogP contribution in [0, 0.1) is 5.92 Å². The number of carbonyl (C=O) groups excluding carboxylic acids is 3. The van der Waals surface area contributed by atoms with Gasteiger partial charge >= 0.3 is 18.2 Å². The molecule has 0 aromatic heterocycles. The van der Waals surface area contributed by atoms with E-state index in [2.05, 4.69) is 24.0 Å². The van der Waals surface area contributed by atoms with Gasteiger partial charge in [0.1, 0.15) is 5.60 Å². The molecule has 0 aliphatic heterocycles. The van der Waals surface area contributed by atoms with Crippen LogP contribution in [0.5, 0.6) is 0 Å². The Morgan fingerprint density at radius 3 is 2.38 bits per heavy atom. The van der Waals surface area contributed by atoms with Crippen molar-refractivity contribution in [1.29, 1.82) is 0 Å². The number of alkyl carbamates (subject to hydrolysis) is 1. The molecular formula is C18H32N2O6. The normalized spacial score (nSPS) is 11.3. The predicted molar refractivity (Wildman–Crippen MR) is 97.3 cm³/mol. The van der Waals surface area contributed by atoms with E-state index in [1.165, 1.54) is 6.08 Å². The minimum absolute atomic E-state index is 0.142. The number of ether oxygens (including phenoxy) is 2. The molecule has 150 valence electrons. The monoisotopic (exact) mass is 372 g/mol. The molecule has 0 rings (SSSR count). The largest absolute Gasteiger partial charge is 0.447 e. The van der Waals surface area contributed by atoms with Gasteiger partial charge in [0, 0.05) is 12.6 Å². The van der Waals surface area contributed by atoms with E-state index in [1.807, 2.05) is 5.48 Å². The maximum atomic E-state index is 11.4. The molecule has 8 nitrogen and oxygen atoms in total. The molecule has 0 fully saturated rings. The van der Waals surface area contributed by atoms with Gasteiger partial charge in [0.15, 0.2) is 0 Å². The zero-order valence-electron chi connectivity index (χ0n) is 16.4. The van der Waals surface area contributed by atoms with Gasteiger partial charge in [0.2, 0.25) is 0 Å². The van der Waals surface area contributed by atoms with Crippen LogP contribution < -0.4 is 10.8 Å². The standard InChI is InChI=1S/C18H32N2O6/c1-14(2)10-6-7-11-15(21)26-20-17(23)24-13-9-8-12-19-16(22)25-18(3,4)5/h7,11,14H,6,8-10,12-13H2,1-5H3,(H,19,22)(H,20,23)/b11-7+. The van der Waals surface area contributed by atoms with E-state index in [1.54, 1.807) is 26.8 Å². The van der Waals surface area contributed by atoms with Crippen LogP contribution in [-0.4, -0.2) is 36.9 Å². The first-order chi connectivity index (χ1) is 12.1. The summed E-state index contributed by atoms with van der Waals surface area (Å²) in [4.78, 5) is 38.6. The Kier molecular flexibility index (Phi) is 11.9. The smallest absolute Gasteiger partial charge is 0.440 e. The van der Waals surface area contributed by atoms with Crippen molar-refractivity contribution in [2.24, 2.45) is 5.92 Å². The molecule has 0 radical (unpaired) electrons. The second-order valence-corrected chi connectivity index (χ2v) is 7.17. The molecule has 26 heavy (non-hydrogen) atoms. The number of rotatable bonds is 9. The molecule has 0 aromatic carbocycles. The van der Waals surface area contributed by atoms with Gasteiger partial charge in [-0.1, -0.05) is 19.9 Å². The fourth-order valence-corrected chi connectivity index (χ4v) is 1.66. The molecule has 0 spiro atoms. The average molecular weight is 372 g/mol. The third-order valence-corrected chi connectivity index (χ3v) is 2.87. The van der Waals surface area contributed by atoms with E-state index in [0.29, 0.717) is 25.3 Å². The third kappa shape index (κ3) is 16.6. The zero-order chi connectivity index (χ0) is 20.0. The van der Waals surface area contributed by atoms with Crippen molar-refractivity contribution in [3.05, 3.63) is 12.2 Å². The van der Waals surface area contributed by atoms with E-state index in [-0.39, 0.29) is 6.61 Å². The molecule has 0 saturated carbocycles. The minimum Gasteiger partial charge on any atom is -0.447 e. The summed E-state index contributed by atoms with van der Waals surface area (Å²) in [6.45, 7) is 10.1. The fraction of sp³-hybridized carbons (Fsp3) is 0.722. The Bertz CT molecular complexity index is 469. The van der Waals surface area contributed by atoms with Gasteiger partial charge in [-0.05, 0) is 52.4 Å². The van der Waals surface area contributed by atoms with E-state index in [9.17, 15) is 14.4 Å². The predicted octanol–water partition coefficient (Wildman–Crippen LogP) is 3.47. The van der Waals surface area contributed by atoms with Gasteiger partial charge in [0.25, 0.3) is 0 Å². The lowest BCUT2D eigenvalue weighted by Crippen LogP contribution is -2.33. The van der Waals surface area contributed by atoms with Crippen LogP contribution in [0.25, 0.3) is 0 Å². The van der Waals surface area contributed by atoms with Crippen LogP contribution in [-0.2, 0) is 19.1 Å². The zero-order valence-corrected chi connectivity index (χ0v) is 16.4. The van der Waals surface area contributed by atoms with Crippen LogP contribution in [0.4, 0.5) is 9.59 Å². The van der Waals surface area contributed by atoms with Crippen molar-refractivity contribution >= 4 is 18.2 Å². The van der Waals surface area contributed by atoms with Gasteiger partial charge in [0.05, 0.1) is 6.61 Å². The van der Waals surface area contributed by atoms with E-state index in [4.69, 9.17) is 9.47 Å². The van der Waals surface area contributed by atoms with Crippen LogP contribution in [0.3, 0.4) is 0 Å². The molecule has 8 heteroatoms. The van der Waals surface area contributed by atoms with Gasteiger partial charge in [-0.15, -0.1) is 5.48 Å². The SMILES string of the molecule is CC(C)CC/C=C/C(=O)ONC(=O)OCCCCNC(=O)OC(C)(C)C. The number of allylic oxidation sites excluding steroid dienone is 1. The number of amides is 2. The quantitative estimate of drug-likeness (QED) is 0.278. The van der Waals surface area contributed by atoms with Crippen LogP contribution in [0.15, 0.2) is 12.2 Å². The van der Waals surface area contributed by atoms with Crippen LogP contribution >= 0.6 is 0 Å². The summed E-state index contributed by atoms with van der Waals surface area (Å²) in [5, 5.41) is 2.60. The molecule has 0 aliphatic carbocycles. The molecule has 0 heterocycles. The van der Waals surface area contributed by atoms with Crippen molar-refractivity contribution in [3.63, 3.8) is 0 Å². The van der Waals surface area contributed by atoms with E-state index >= 15 is 0 Å². The number of hydrogen-bond acceptors (Lipinski definition) is 6. The lowest BCUT2D eigenvalue weighted by Gasteiger charge is -2.19. The topological polar surface area (TPSA) is 103 Å². The van der Waals surface area contributed by atoms with E-state index in [0.717, 1.165) is 12.8 Å². The molecule has 0 aromatic rings. The number of nitrogens with one attached hydrogen (secondary N) is 2. The van der Waals surface area contributed by atoms with Crippen molar-refractivity contribution in [2.75, 3.05) is 13.2 Å². The third-order valence-electron chi connectivity index (χ3n) is 2.87. The lowest BCUT2D eigenvalue weighted by atomic mass is 10.1. The summed E-state index contributed by atoms with van der Waals surface area (Å²) in [5.74, 6) is -0.102. The molecule has 0 atom stereocenters. The summed E-state index contributed by atoms with van der Waals surface area (Å²) in [6, 6.07) is 0. The molecule has 0 aliphatic rings. The first-order valence-electron chi connectivity index (χ1n) is 8.87. The Morgan fingerprint density at radius 2 is 1.77 bits per heavy atom. The first-order valence-corrected chi connectivity index (χ1v) is 8.87. The maximum Gasteiger partial charge on any atom is 0.440 e. The summed E-state index contributed by atoms with van der Waals surface area (Å²) in [5.41, 5.74) is 1.38. The highest BCUT2D eigenvalue weighted by molar-refractivity contribution is 5.82. The van der Waals surface area contributed by atoms with Crippen LogP contribution in [0.2, 0.25) is 0 Å². The number of carbonyl (C=O) groups is 3. The second kappa shape index (κ2) is 13.0. The minimum atomic E-state index is -0.839. The summed E-state index contributed by atoms with van der Waals surface area (Å²) in [6.07, 6.45) is 4.56. The van der Waals surface area contributed by atoms with Crippen molar-refractivity contribution in [3.8, 4) is 0 Å². The Labute approximate surface area is 155 Å². The fourth-order valence-electron chi connectivity index (χ4n) is 1.66. The second-order valence-electron chi connectivity index (χ2n) is 7.17. The maximum absolute atomic E-state index is 11.4. The lowest BCUT2D eigenvalue weighted by molar-refractivity contribution is -0.143. The number of unbranched alkanes of at least 4 members (excludes halogenated alkanes) is 1. The summed E-state index contributed by atoms with van der Waals surface area (Å²) < 4.78 is 9.93. The van der Waals surface area contributed by atoms with Gasteiger partial charge < -0.3 is 19.6 Å². The van der Waals surface area contributed by atoms with Gasteiger partial charge in [-0.3, -0.25) is 0 Å². The van der Waals surface area contributed by atoms with Crippen LogP contribution in [0.1, 0.15) is 60.3 Å². The van der Waals surface area contributed by atoms with Gasteiger partial charge in [-0.2, -0.15) is 0 Å². The van der Waals surface area contributed by atoms with Crippen molar-refractivity contribution in [2.45, 2.75) is 65.9 Å². The Balaban J connectivity index is 3.63. The number of hydrogen-bond donors (Lipinski definition) is 2. The molecule has 0 bridgehead atoms. The van der Waals surface area contributed by atoms with E-state index < -0.39 is 23.8 Å². The first kappa shape index (κ1) is 23.8. The van der Waals surface area contributed by atoms with Crippen molar-refractivity contribution < 1.29 is 28.7 Å². The Morgan fingerprint density at radius 1 is 1.08 bits per heavy atom. The molecule has 2 amide bonds. The van der Waals surface area contributed by atoms with Crippen molar-refractivity contribution in [1.82, 2.24) is 10.8 Å².